The van der Waals surface area contributed by atoms with Crippen molar-refractivity contribution in [3.05, 3.63) is 83.1 Å². The minimum Gasteiger partial charge on any atom is -0.464 e. The van der Waals surface area contributed by atoms with Crippen LogP contribution in [-0.4, -0.2) is 5.78 Å². The highest BCUT2D eigenvalue weighted by atomic mass is 35.5. The molecule has 0 saturated carbocycles. The van der Waals surface area contributed by atoms with Gasteiger partial charge >= 0.3 is 0 Å². The van der Waals surface area contributed by atoms with Crippen molar-refractivity contribution in [1.29, 1.82) is 0 Å². The lowest BCUT2D eigenvalue weighted by atomic mass is 9.97. The number of carbonyl (C=O) groups is 1. The third-order valence-corrected chi connectivity index (χ3v) is 4.06. The van der Waals surface area contributed by atoms with Crippen molar-refractivity contribution in [2.75, 3.05) is 0 Å². The Morgan fingerprint density at radius 3 is 2.50 bits per heavy atom. The molecule has 0 atom stereocenters. The highest BCUT2D eigenvalue weighted by molar-refractivity contribution is 6.30. The van der Waals surface area contributed by atoms with Crippen LogP contribution in [-0.2, 0) is 0 Å². The van der Waals surface area contributed by atoms with Crippen LogP contribution in [0.25, 0.3) is 21.7 Å². The molecule has 3 aromatic carbocycles. The second-order valence-electron chi connectivity index (χ2n) is 5.14. The minimum absolute atomic E-state index is 0.0673. The summed E-state index contributed by atoms with van der Waals surface area (Å²) in [5.41, 5.74) is 1.79. The summed E-state index contributed by atoms with van der Waals surface area (Å²) in [6, 6.07) is 18.7. The highest BCUT2D eigenvalue weighted by Gasteiger charge is 2.17. The summed E-state index contributed by atoms with van der Waals surface area (Å²) in [5.74, 6) is -0.0673. The van der Waals surface area contributed by atoms with Crippen molar-refractivity contribution < 1.29 is 9.21 Å². The number of carbonyl (C=O) groups excluding carboxylic acids is 1. The molecule has 4 aromatic rings. The predicted octanol–water partition coefficient (Wildman–Crippen LogP) is 5.47. The molecule has 0 fully saturated rings. The molecule has 0 N–H and O–H groups in total. The number of benzene rings is 3. The molecule has 4 rings (SSSR count). The predicted molar refractivity (Wildman–Crippen MR) is 88.6 cm³/mol. The summed E-state index contributed by atoms with van der Waals surface area (Å²) in [6.07, 6.45) is 1.62. The Hall–Kier alpha value is -2.58. The van der Waals surface area contributed by atoms with Gasteiger partial charge in [-0.05, 0) is 47.2 Å². The molecule has 1 aromatic heterocycles. The van der Waals surface area contributed by atoms with E-state index in [2.05, 4.69) is 0 Å². The van der Waals surface area contributed by atoms with Crippen molar-refractivity contribution in [2.45, 2.75) is 0 Å². The first-order valence-corrected chi connectivity index (χ1v) is 7.31. The van der Waals surface area contributed by atoms with Gasteiger partial charge in [-0.2, -0.15) is 0 Å². The first-order chi connectivity index (χ1) is 10.7. The van der Waals surface area contributed by atoms with E-state index in [9.17, 15) is 4.79 Å². The fourth-order valence-electron chi connectivity index (χ4n) is 2.74. The molecule has 0 aliphatic carbocycles. The summed E-state index contributed by atoms with van der Waals surface area (Å²) in [6.45, 7) is 0. The lowest BCUT2D eigenvalue weighted by molar-refractivity contribution is 0.103. The lowest BCUT2D eigenvalue weighted by Gasteiger charge is -2.06. The Morgan fingerprint density at radius 1 is 0.909 bits per heavy atom. The van der Waals surface area contributed by atoms with Crippen LogP contribution in [0.3, 0.4) is 0 Å². The van der Waals surface area contributed by atoms with E-state index < -0.39 is 0 Å². The molecule has 106 valence electrons. The summed E-state index contributed by atoms with van der Waals surface area (Å²) < 4.78 is 5.58. The van der Waals surface area contributed by atoms with Crippen LogP contribution in [0.5, 0.6) is 0 Å². The molecule has 0 aliphatic heterocycles. The molecule has 22 heavy (non-hydrogen) atoms. The number of furan rings is 1. The molecule has 0 radical (unpaired) electrons. The van der Waals surface area contributed by atoms with E-state index in [0.29, 0.717) is 21.7 Å². The van der Waals surface area contributed by atoms with E-state index in [-0.39, 0.29) is 5.78 Å². The van der Waals surface area contributed by atoms with E-state index in [1.165, 1.54) is 0 Å². The second kappa shape index (κ2) is 5.00. The molecule has 1 heterocycles. The quantitative estimate of drug-likeness (QED) is 0.460. The Balaban J connectivity index is 1.98. The zero-order valence-electron chi connectivity index (χ0n) is 11.5. The van der Waals surface area contributed by atoms with Gasteiger partial charge in [-0.3, -0.25) is 4.79 Å². The maximum atomic E-state index is 12.8. The summed E-state index contributed by atoms with van der Waals surface area (Å²) in [5, 5.41) is 3.67. The third kappa shape index (κ3) is 2.00. The molecule has 0 saturated heterocycles. The van der Waals surface area contributed by atoms with Gasteiger partial charge in [-0.1, -0.05) is 35.9 Å². The molecule has 0 spiro atoms. The average Bonchev–Trinajstić information content (AvgIpc) is 3.04. The average molecular weight is 307 g/mol. The van der Waals surface area contributed by atoms with Crippen molar-refractivity contribution in [3.63, 3.8) is 0 Å². The molecular weight excluding hydrogens is 296 g/mol. The van der Waals surface area contributed by atoms with Crippen LogP contribution < -0.4 is 0 Å². The lowest BCUT2D eigenvalue weighted by Crippen LogP contribution is -2.01. The van der Waals surface area contributed by atoms with Crippen molar-refractivity contribution in [1.82, 2.24) is 0 Å². The van der Waals surface area contributed by atoms with Crippen LogP contribution in [0.4, 0.5) is 0 Å². The summed E-state index contributed by atoms with van der Waals surface area (Å²) >= 11 is 5.89. The fraction of sp³-hybridized carbons (Fsp3) is 0. The van der Waals surface area contributed by atoms with Gasteiger partial charge in [0.25, 0.3) is 0 Å². The van der Waals surface area contributed by atoms with Gasteiger partial charge in [0.05, 0.1) is 11.8 Å². The maximum Gasteiger partial charge on any atom is 0.196 e. The number of hydrogen-bond donors (Lipinski definition) is 0. The summed E-state index contributed by atoms with van der Waals surface area (Å²) in [7, 11) is 0. The van der Waals surface area contributed by atoms with Gasteiger partial charge in [0, 0.05) is 16.0 Å². The summed E-state index contributed by atoms with van der Waals surface area (Å²) in [4.78, 5) is 12.8. The van der Waals surface area contributed by atoms with E-state index in [0.717, 1.165) is 16.2 Å². The van der Waals surface area contributed by atoms with E-state index in [1.807, 2.05) is 36.4 Å². The van der Waals surface area contributed by atoms with Gasteiger partial charge in [-0.25, -0.2) is 0 Å². The SMILES string of the molecule is O=C(c1ccc(Cl)cc1)c1cc2ccccc2c2ccoc12. The van der Waals surface area contributed by atoms with Crippen LogP contribution in [0, 0.1) is 0 Å². The highest BCUT2D eigenvalue weighted by Crippen LogP contribution is 2.31. The first kappa shape index (κ1) is 13.1. The van der Waals surface area contributed by atoms with Crippen molar-refractivity contribution in [2.24, 2.45) is 0 Å². The Kier molecular flexibility index (Phi) is 2.98. The Bertz CT molecular complexity index is 997. The van der Waals surface area contributed by atoms with Gasteiger partial charge in [-0.15, -0.1) is 0 Å². The molecule has 0 aliphatic rings. The molecular formula is C19H11ClO2. The number of hydrogen-bond acceptors (Lipinski definition) is 2. The van der Waals surface area contributed by atoms with Crippen LogP contribution in [0.15, 0.2) is 71.3 Å². The van der Waals surface area contributed by atoms with Crippen LogP contribution in [0.1, 0.15) is 15.9 Å². The van der Waals surface area contributed by atoms with Crippen LogP contribution >= 0.6 is 11.6 Å². The van der Waals surface area contributed by atoms with E-state index in [1.54, 1.807) is 30.5 Å². The topological polar surface area (TPSA) is 30.2 Å². The van der Waals surface area contributed by atoms with E-state index >= 15 is 0 Å². The number of fused-ring (bicyclic) bond motifs is 3. The van der Waals surface area contributed by atoms with Gasteiger partial charge < -0.3 is 4.42 Å². The van der Waals surface area contributed by atoms with Gasteiger partial charge in [0.2, 0.25) is 0 Å². The zero-order valence-corrected chi connectivity index (χ0v) is 12.3. The largest absolute Gasteiger partial charge is 0.464 e. The van der Waals surface area contributed by atoms with Crippen molar-refractivity contribution >= 4 is 39.1 Å². The molecule has 0 amide bonds. The Labute approximate surface area is 131 Å². The molecule has 3 heteroatoms. The molecule has 0 unspecified atom stereocenters. The van der Waals surface area contributed by atoms with E-state index in [4.69, 9.17) is 16.0 Å². The number of rotatable bonds is 2. The smallest absolute Gasteiger partial charge is 0.196 e. The Morgan fingerprint density at radius 2 is 1.68 bits per heavy atom. The van der Waals surface area contributed by atoms with Crippen LogP contribution in [0.2, 0.25) is 5.02 Å². The van der Waals surface area contributed by atoms with Crippen molar-refractivity contribution in [3.8, 4) is 0 Å². The number of ketones is 1. The third-order valence-electron chi connectivity index (χ3n) is 3.81. The maximum absolute atomic E-state index is 12.8. The minimum atomic E-state index is -0.0673. The fourth-order valence-corrected chi connectivity index (χ4v) is 2.87. The molecule has 2 nitrogen and oxygen atoms in total. The standard InChI is InChI=1S/C19H11ClO2/c20-14-7-5-12(6-8-14)18(21)17-11-13-3-1-2-4-15(13)16-9-10-22-19(16)17/h1-11H. The molecule has 0 bridgehead atoms. The first-order valence-electron chi connectivity index (χ1n) is 6.93. The monoisotopic (exact) mass is 306 g/mol. The zero-order chi connectivity index (χ0) is 15.1. The van der Waals surface area contributed by atoms with Gasteiger partial charge in [0.1, 0.15) is 5.58 Å². The normalized spacial score (nSPS) is 11.1. The van der Waals surface area contributed by atoms with Gasteiger partial charge in [0.15, 0.2) is 5.78 Å². The number of halogens is 1. The second-order valence-corrected chi connectivity index (χ2v) is 5.58.